The lowest BCUT2D eigenvalue weighted by Gasteiger charge is -2.37. The van der Waals surface area contributed by atoms with E-state index in [1.54, 1.807) is 0 Å². The maximum Gasteiger partial charge on any atom is 0.0666 e. The molecule has 1 rings (SSSR count). The third-order valence-corrected chi connectivity index (χ3v) is 3.55. The van der Waals surface area contributed by atoms with E-state index in [0.29, 0.717) is 4.75 Å². The molecule has 0 aromatic heterocycles. The van der Waals surface area contributed by atoms with E-state index in [4.69, 9.17) is 5.26 Å². The maximum absolute atomic E-state index is 8.71. The molecule has 1 saturated heterocycles. The molecule has 1 aliphatic heterocycles. The van der Waals surface area contributed by atoms with Crippen molar-refractivity contribution >= 4 is 11.8 Å². The van der Waals surface area contributed by atoms with E-state index in [-0.39, 0.29) is 5.92 Å². The van der Waals surface area contributed by atoms with Gasteiger partial charge in [-0.05, 0) is 20.8 Å². The minimum atomic E-state index is 0.166. The largest absolute Gasteiger partial charge is 0.300 e. The lowest BCUT2D eigenvalue weighted by Crippen LogP contribution is -2.44. The first-order valence-corrected chi connectivity index (χ1v) is 5.78. The van der Waals surface area contributed by atoms with Gasteiger partial charge < -0.3 is 0 Å². The number of hydrogen-bond donors (Lipinski definition) is 0. The van der Waals surface area contributed by atoms with Gasteiger partial charge in [0, 0.05) is 30.1 Å². The van der Waals surface area contributed by atoms with Crippen LogP contribution in [-0.4, -0.2) is 35.0 Å². The van der Waals surface area contributed by atoms with Gasteiger partial charge in [-0.25, -0.2) is 0 Å². The summed E-state index contributed by atoms with van der Waals surface area (Å²) in [5.74, 6) is 1.37. The normalized spacial score (nSPS) is 25.1. The van der Waals surface area contributed by atoms with Gasteiger partial charge in [0.15, 0.2) is 0 Å². The van der Waals surface area contributed by atoms with Gasteiger partial charge in [-0.2, -0.15) is 17.0 Å². The first kappa shape index (κ1) is 10.9. The predicted octanol–water partition coefficient (Wildman–Crippen LogP) is 1.97. The Bertz CT molecular complexity index is 207. The zero-order valence-corrected chi connectivity index (χ0v) is 9.52. The van der Waals surface area contributed by atoms with Crippen molar-refractivity contribution in [3.8, 4) is 6.07 Å². The van der Waals surface area contributed by atoms with Gasteiger partial charge in [0.2, 0.25) is 0 Å². The highest BCUT2D eigenvalue weighted by atomic mass is 32.2. The van der Waals surface area contributed by atoms with Gasteiger partial charge in [-0.1, -0.05) is 0 Å². The van der Waals surface area contributed by atoms with Crippen LogP contribution in [0.1, 0.15) is 20.8 Å². The highest BCUT2D eigenvalue weighted by Gasteiger charge is 2.27. The minimum absolute atomic E-state index is 0.166. The molecule has 0 aliphatic carbocycles. The van der Waals surface area contributed by atoms with Crippen LogP contribution in [0.2, 0.25) is 0 Å². The smallest absolute Gasteiger partial charge is 0.0666 e. The van der Waals surface area contributed by atoms with Crippen LogP contribution in [0.4, 0.5) is 0 Å². The lowest BCUT2D eigenvalue weighted by atomic mass is 10.1. The summed E-state index contributed by atoms with van der Waals surface area (Å²) in [6.45, 7) is 9.74. The Hall–Kier alpha value is -0.200. The molecular formula is C10H18N2S. The van der Waals surface area contributed by atoms with Crippen molar-refractivity contribution in [3.05, 3.63) is 0 Å². The molecular weight excluding hydrogens is 180 g/mol. The molecule has 74 valence electrons. The number of nitriles is 1. The zero-order chi connectivity index (χ0) is 9.90. The summed E-state index contributed by atoms with van der Waals surface area (Å²) in [5, 5.41) is 8.71. The summed E-state index contributed by atoms with van der Waals surface area (Å²) < 4.78 is 0.368. The SMILES string of the molecule is CC(C#N)CN1CCSC(C)(C)C1. The maximum atomic E-state index is 8.71. The van der Waals surface area contributed by atoms with E-state index < -0.39 is 0 Å². The van der Waals surface area contributed by atoms with Crippen molar-refractivity contribution in [1.29, 1.82) is 5.26 Å². The molecule has 0 aromatic carbocycles. The Morgan fingerprint density at radius 3 is 2.85 bits per heavy atom. The topological polar surface area (TPSA) is 27.0 Å². The molecule has 1 heterocycles. The Morgan fingerprint density at radius 2 is 2.31 bits per heavy atom. The van der Waals surface area contributed by atoms with Crippen LogP contribution in [-0.2, 0) is 0 Å². The molecule has 13 heavy (non-hydrogen) atoms. The van der Waals surface area contributed by atoms with Crippen molar-refractivity contribution in [1.82, 2.24) is 4.90 Å². The monoisotopic (exact) mass is 198 g/mol. The average molecular weight is 198 g/mol. The molecule has 0 saturated carbocycles. The number of hydrogen-bond acceptors (Lipinski definition) is 3. The lowest BCUT2D eigenvalue weighted by molar-refractivity contribution is 0.244. The van der Waals surface area contributed by atoms with Gasteiger partial charge in [-0.3, -0.25) is 4.90 Å². The van der Waals surface area contributed by atoms with E-state index in [0.717, 1.165) is 19.6 Å². The van der Waals surface area contributed by atoms with Crippen LogP contribution in [0, 0.1) is 17.2 Å². The van der Waals surface area contributed by atoms with E-state index in [1.807, 2.05) is 18.7 Å². The van der Waals surface area contributed by atoms with Crippen LogP contribution < -0.4 is 0 Å². The second kappa shape index (κ2) is 4.34. The molecule has 0 radical (unpaired) electrons. The van der Waals surface area contributed by atoms with Gasteiger partial charge in [0.25, 0.3) is 0 Å². The first-order chi connectivity index (χ1) is 6.03. The van der Waals surface area contributed by atoms with Crippen molar-refractivity contribution in [2.45, 2.75) is 25.5 Å². The molecule has 1 unspecified atom stereocenters. The van der Waals surface area contributed by atoms with E-state index in [9.17, 15) is 0 Å². The fourth-order valence-electron chi connectivity index (χ4n) is 1.70. The summed E-state index contributed by atoms with van der Waals surface area (Å²) >= 11 is 2.03. The van der Waals surface area contributed by atoms with Crippen LogP contribution in [0.15, 0.2) is 0 Å². The van der Waals surface area contributed by atoms with Crippen LogP contribution >= 0.6 is 11.8 Å². The van der Waals surface area contributed by atoms with Crippen molar-refractivity contribution in [2.75, 3.05) is 25.4 Å². The number of thioether (sulfide) groups is 1. The van der Waals surface area contributed by atoms with Crippen LogP contribution in [0.25, 0.3) is 0 Å². The third kappa shape index (κ3) is 3.58. The fraction of sp³-hybridized carbons (Fsp3) is 0.900. The summed E-state index contributed by atoms with van der Waals surface area (Å²) in [4.78, 5) is 2.41. The molecule has 1 aliphatic rings. The highest BCUT2D eigenvalue weighted by Crippen LogP contribution is 2.29. The van der Waals surface area contributed by atoms with E-state index in [2.05, 4.69) is 24.8 Å². The molecule has 1 fully saturated rings. The fourth-order valence-corrected chi connectivity index (χ4v) is 2.87. The summed E-state index contributed by atoms with van der Waals surface area (Å²) in [7, 11) is 0. The van der Waals surface area contributed by atoms with Gasteiger partial charge >= 0.3 is 0 Å². The van der Waals surface area contributed by atoms with E-state index >= 15 is 0 Å². The van der Waals surface area contributed by atoms with Crippen LogP contribution in [0.5, 0.6) is 0 Å². The number of nitrogens with zero attached hydrogens (tertiary/aromatic N) is 2. The molecule has 0 aromatic rings. The van der Waals surface area contributed by atoms with Crippen molar-refractivity contribution in [3.63, 3.8) is 0 Å². The quantitative estimate of drug-likeness (QED) is 0.679. The van der Waals surface area contributed by atoms with E-state index in [1.165, 1.54) is 5.75 Å². The molecule has 1 atom stereocenters. The second-order valence-corrected chi connectivity index (χ2v) is 6.18. The molecule has 0 bridgehead atoms. The molecule has 3 heteroatoms. The summed E-state index contributed by atoms with van der Waals surface area (Å²) in [6, 6.07) is 2.29. The Labute approximate surface area is 85.3 Å². The van der Waals surface area contributed by atoms with Gasteiger partial charge in [0.1, 0.15) is 0 Å². The van der Waals surface area contributed by atoms with Crippen molar-refractivity contribution < 1.29 is 0 Å². The minimum Gasteiger partial charge on any atom is -0.300 e. The summed E-state index contributed by atoms with van der Waals surface area (Å²) in [5.41, 5.74) is 0. The zero-order valence-electron chi connectivity index (χ0n) is 8.71. The van der Waals surface area contributed by atoms with Gasteiger partial charge in [-0.15, -0.1) is 0 Å². The third-order valence-electron chi connectivity index (χ3n) is 2.26. The number of rotatable bonds is 2. The summed E-state index contributed by atoms with van der Waals surface area (Å²) in [6.07, 6.45) is 0. The Morgan fingerprint density at radius 1 is 1.62 bits per heavy atom. The van der Waals surface area contributed by atoms with Gasteiger partial charge in [0.05, 0.1) is 12.0 Å². The molecule has 2 nitrogen and oxygen atoms in total. The molecule has 0 N–H and O–H groups in total. The highest BCUT2D eigenvalue weighted by molar-refractivity contribution is 8.00. The average Bonchev–Trinajstić information content (AvgIpc) is 2.02. The standard InChI is InChI=1S/C10H18N2S/c1-9(6-11)7-12-4-5-13-10(2,3)8-12/h9H,4-5,7-8H2,1-3H3. The Balaban J connectivity index is 2.40. The first-order valence-electron chi connectivity index (χ1n) is 4.79. The molecule has 0 amide bonds. The van der Waals surface area contributed by atoms with Crippen molar-refractivity contribution in [2.24, 2.45) is 5.92 Å². The molecule has 0 spiro atoms. The Kier molecular flexibility index (Phi) is 3.63. The van der Waals surface area contributed by atoms with Crippen LogP contribution in [0.3, 0.4) is 0 Å². The predicted molar refractivity (Wildman–Crippen MR) is 57.8 cm³/mol. The second-order valence-electron chi connectivity index (χ2n) is 4.37.